The molecular formula is C25H28N4O5S2. The summed E-state index contributed by atoms with van der Waals surface area (Å²) in [5, 5.41) is 3.02. The normalized spacial score (nSPS) is 15.4. The molecular weight excluding hydrogens is 500 g/mol. The van der Waals surface area contributed by atoms with Gasteiger partial charge in [-0.2, -0.15) is 4.31 Å². The number of sulfonamides is 1. The monoisotopic (exact) mass is 528 g/mol. The van der Waals surface area contributed by atoms with Crippen LogP contribution >= 0.6 is 11.3 Å². The number of fused-ring (bicyclic) bond motifs is 2. The Bertz CT molecular complexity index is 1410. The Morgan fingerprint density at radius 3 is 2.22 bits per heavy atom. The second-order valence-electron chi connectivity index (χ2n) is 8.58. The van der Waals surface area contributed by atoms with E-state index in [2.05, 4.69) is 10.3 Å². The maximum absolute atomic E-state index is 13.4. The molecule has 0 bridgehead atoms. The number of hydrogen-bond acceptors (Lipinski definition) is 7. The topological polar surface area (TPSA) is 117 Å². The van der Waals surface area contributed by atoms with E-state index in [1.807, 2.05) is 13.8 Å². The second kappa shape index (κ2) is 10.1. The van der Waals surface area contributed by atoms with Crippen LogP contribution in [0.5, 0.6) is 0 Å². The quantitative estimate of drug-likeness (QED) is 0.420. The lowest BCUT2D eigenvalue weighted by Crippen LogP contribution is -2.50. The lowest BCUT2D eigenvalue weighted by atomic mass is 9.96. The van der Waals surface area contributed by atoms with E-state index >= 15 is 0 Å². The minimum absolute atomic E-state index is 0.156. The van der Waals surface area contributed by atoms with E-state index in [9.17, 15) is 22.8 Å². The van der Waals surface area contributed by atoms with E-state index in [1.165, 1.54) is 10.4 Å². The lowest BCUT2D eigenvalue weighted by molar-refractivity contribution is -0.121. The van der Waals surface area contributed by atoms with E-state index in [0.717, 1.165) is 16.2 Å². The van der Waals surface area contributed by atoms with Gasteiger partial charge in [-0.05, 0) is 36.2 Å². The van der Waals surface area contributed by atoms with Gasteiger partial charge in [-0.15, -0.1) is 0 Å². The van der Waals surface area contributed by atoms with Crippen LogP contribution in [0.25, 0.3) is 10.2 Å². The van der Waals surface area contributed by atoms with Gasteiger partial charge in [0, 0.05) is 13.1 Å². The Morgan fingerprint density at radius 1 is 1.06 bits per heavy atom. The molecule has 1 aromatic heterocycles. The summed E-state index contributed by atoms with van der Waals surface area (Å²) in [6.07, 6.45) is 0.567. The molecule has 0 saturated heterocycles. The van der Waals surface area contributed by atoms with E-state index in [-0.39, 0.29) is 27.1 Å². The molecule has 9 nitrogen and oxygen atoms in total. The van der Waals surface area contributed by atoms with Crippen molar-refractivity contribution >= 4 is 54.4 Å². The number of anilines is 1. The van der Waals surface area contributed by atoms with Gasteiger partial charge in [0.25, 0.3) is 11.8 Å². The molecule has 0 spiro atoms. The number of carbonyl (C=O) groups is 3. The van der Waals surface area contributed by atoms with E-state index < -0.39 is 33.8 Å². The summed E-state index contributed by atoms with van der Waals surface area (Å²) in [6, 6.07) is 10.2. The SMILES string of the molecule is CCC(C)C(C(=O)Nc1nc2ccc(S(=O)(=O)N(CC)CC)cc2s1)N1C(=O)c2ccccc2C1=O. The van der Waals surface area contributed by atoms with Gasteiger partial charge in [-0.3, -0.25) is 19.3 Å². The number of thiazole rings is 1. The van der Waals surface area contributed by atoms with Crippen molar-refractivity contribution in [1.29, 1.82) is 0 Å². The molecule has 1 aliphatic rings. The molecule has 0 fully saturated rings. The number of aromatic nitrogens is 1. The third-order valence-electron chi connectivity index (χ3n) is 6.49. The van der Waals surface area contributed by atoms with Gasteiger partial charge < -0.3 is 5.32 Å². The Kier molecular flexibility index (Phi) is 7.26. The first-order chi connectivity index (χ1) is 17.1. The molecule has 1 aliphatic heterocycles. The van der Waals surface area contributed by atoms with Crippen LogP contribution in [0, 0.1) is 5.92 Å². The number of rotatable bonds is 9. The molecule has 2 atom stereocenters. The predicted octanol–water partition coefficient (Wildman–Crippen LogP) is 3.98. The molecule has 11 heteroatoms. The molecule has 0 saturated carbocycles. The fourth-order valence-corrected chi connectivity index (χ4v) is 6.79. The Hall–Kier alpha value is -3.15. The number of carbonyl (C=O) groups excluding carboxylic acids is 3. The maximum atomic E-state index is 13.4. The van der Waals surface area contributed by atoms with Gasteiger partial charge in [-0.25, -0.2) is 13.4 Å². The maximum Gasteiger partial charge on any atom is 0.262 e. The highest BCUT2D eigenvalue weighted by Gasteiger charge is 2.44. The average Bonchev–Trinajstić information content (AvgIpc) is 3.37. The number of nitrogens with zero attached hydrogens (tertiary/aromatic N) is 3. The van der Waals surface area contributed by atoms with Crippen LogP contribution in [0.3, 0.4) is 0 Å². The summed E-state index contributed by atoms with van der Waals surface area (Å²) >= 11 is 1.14. The highest BCUT2D eigenvalue weighted by Crippen LogP contribution is 2.32. The number of hydrogen-bond donors (Lipinski definition) is 1. The van der Waals surface area contributed by atoms with Gasteiger partial charge in [0.15, 0.2) is 5.13 Å². The van der Waals surface area contributed by atoms with Crippen LogP contribution in [0.2, 0.25) is 0 Å². The summed E-state index contributed by atoms with van der Waals surface area (Å²) < 4.78 is 27.8. The van der Waals surface area contributed by atoms with Gasteiger partial charge in [0.2, 0.25) is 15.9 Å². The zero-order chi connectivity index (χ0) is 26.2. The fraction of sp³-hybridized carbons (Fsp3) is 0.360. The number of amides is 3. The van der Waals surface area contributed by atoms with Crippen molar-refractivity contribution in [2.45, 2.75) is 45.1 Å². The van der Waals surface area contributed by atoms with Gasteiger partial charge >= 0.3 is 0 Å². The summed E-state index contributed by atoms with van der Waals surface area (Å²) in [5.41, 5.74) is 1.10. The zero-order valence-electron chi connectivity index (χ0n) is 20.5. The number of benzene rings is 2. The smallest absolute Gasteiger partial charge is 0.262 e. The zero-order valence-corrected chi connectivity index (χ0v) is 22.1. The molecule has 190 valence electrons. The molecule has 0 aliphatic carbocycles. The van der Waals surface area contributed by atoms with Gasteiger partial charge in [-0.1, -0.05) is 57.6 Å². The predicted molar refractivity (Wildman–Crippen MR) is 139 cm³/mol. The van der Waals surface area contributed by atoms with Gasteiger partial charge in [0.1, 0.15) is 6.04 Å². The van der Waals surface area contributed by atoms with E-state index in [0.29, 0.717) is 29.7 Å². The van der Waals surface area contributed by atoms with Crippen molar-refractivity contribution in [3.8, 4) is 0 Å². The minimum Gasteiger partial charge on any atom is -0.300 e. The third kappa shape index (κ3) is 4.42. The molecule has 2 unspecified atom stereocenters. The molecule has 0 radical (unpaired) electrons. The van der Waals surface area contributed by atoms with Crippen LogP contribution < -0.4 is 5.32 Å². The van der Waals surface area contributed by atoms with Crippen LogP contribution in [0.4, 0.5) is 5.13 Å². The fourth-order valence-electron chi connectivity index (χ4n) is 4.32. The number of imide groups is 1. The molecule has 36 heavy (non-hydrogen) atoms. The molecule has 3 amide bonds. The lowest BCUT2D eigenvalue weighted by Gasteiger charge is -2.29. The highest BCUT2D eigenvalue weighted by atomic mass is 32.2. The molecule has 4 rings (SSSR count). The summed E-state index contributed by atoms with van der Waals surface area (Å²) in [7, 11) is -3.64. The molecule has 2 heterocycles. The van der Waals surface area contributed by atoms with Gasteiger partial charge in [0.05, 0.1) is 26.2 Å². The number of nitrogens with one attached hydrogen (secondary N) is 1. The molecule has 2 aromatic carbocycles. The summed E-state index contributed by atoms with van der Waals surface area (Å²) in [5.74, 6) is -1.81. The summed E-state index contributed by atoms with van der Waals surface area (Å²) in [6.45, 7) is 7.98. The minimum atomic E-state index is -3.64. The van der Waals surface area contributed by atoms with Crippen molar-refractivity contribution in [1.82, 2.24) is 14.2 Å². The summed E-state index contributed by atoms with van der Waals surface area (Å²) in [4.78, 5) is 45.1. The van der Waals surface area contributed by atoms with Crippen LogP contribution in [0.15, 0.2) is 47.4 Å². The first kappa shape index (κ1) is 25.9. The van der Waals surface area contributed by atoms with Crippen molar-refractivity contribution < 1.29 is 22.8 Å². The third-order valence-corrected chi connectivity index (χ3v) is 9.47. The molecule has 1 N–H and O–H groups in total. The van der Waals surface area contributed by atoms with E-state index in [1.54, 1.807) is 50.2 Å². The van der Waals surface area contributed by atoms with Crippen molar-refractivity contribution in [2.75, 3.05) is 18.4 Å². The Morgan fingerprint density at radius 2 is 1.67 bits per heavy atom. The first-order valence-electron chi connectivity index (χ1n) is 11.8. The average molecular weight is 529 g/mol. The van der Waals surface area contributed by atoms with Crippen molar-refractivity contribution in [3.63, 3.8) is 0 Å². The largest absolute Gasteiger partial charge is 0.300 e. The van der Waals surface area contributed by atoms with Crippen LogP contribution in [-0.4, -0.2) is 59.5 Å². The molecule has 3 aromatic rings. The second-order valence-corrected chi connectivity index (χ2v) is 11.6. The highest BCUT2D eigenvalue weighted by molar-refractivity contribution is 7.89. The van der Waals surface area contributed by atoms with Crippen LogP contribution in [-0.2, 0) is 14.8 Å². The first-order valence-corrected chi connectivity index (χ1v) is 14.1. The van der Waals surface area contributed by atoms with Crippen molar-refractivity contribution in [3.05, 3.63) is 53.6 Å². The Balaban J connectivity index is 1.63. The van der Waals surface area contributed by atoms with Crippen molar-refractivity contribution in [2.24, 2.45) is 5.92 Å². The Labute approximate surface area is 214 Å². The standard InChI is InChI=1S/C25H28N4O5S2/c1-5-15(4)21(29-23(31)17-10-8-9-11-18(17)24(29)32)22(30)27-25-26-19-13-12-16(14-20(19)35-25)36(33,34)28(6-2)7-3/h8-15,21H,5-7H2,1-4H3,(H,26,27,30). The van der Waals surface area contributed by atoms with Crippen LogP contribution in [0.1, 0.15) is 54.8 Å². The van der Waals surface area contributed by atoms with E-state index in [4.69, 9.17) is 0 Å².